The van der Waals surface area contributed by atoms with Gasteiger partial charge in [0.15, 0.2) is 5.78 Å². The van der Waals surface area contributed by atoms with Crippen LogP contribution in [0.1, 0.15) is 21.5 Å². The number of aromatic hydroxyl groups is 1. The molecule has 2 nitrogen and oxygen atoms in total. The van der Waals surface area contributed by atoms with Gasteiger partial charge in [-0.05, 0) is 54.0 Å². The minimum absolute atomic E-state index is 0.134. The highest BCUT2D eigenvalue weighted by Gasteiger charge is 2.07. The number of halogens is 2. The molecule has 0 aliphatic rings. The highest BCUT2D eigenvalue weighted by atomic mass is 35.5. The number of hydrogen-bond acceptors (Lipinski definition) is 2. The zero-order valence-corrected chi connectivity index (χ0v) is 12.0. The molecule has 2 rings (SSSR count). The standard InChI is InChI=1S/C17H14ClFO2/c18-10-9-14-11-13(4-8-17(14)21)16(20)7-3-12-1-5-15(19)6-2-12/h1-8,11,21H,9-10H2/b7-3+. The first kappa shape index (κ1) is 15.3. The molecular formula is C17H14ClFO2. The number of ketones is 1. The van der Waals surface area contributed by atoms with E-state index in [1.54, 1.807) is 30.3 Å². The number of carbonyl (C=O) groups is 1. The van der Waals surface area contributed by atoms with Crippen molar-refractivity contribution in [1.82, 2.24) is 0 Å². The lowest BCUT2D eigenvalue weighted by molar-refractivity contribution is 0.104. The third-order valence-corrected chi connectivity index (χ3v) is 3.21. The fourth-order valence-corrected chi connectivity index (χ4v) is 2.09. The van der Waals surface area contributed by atoms with E-state index in [9.17, 15) is 14.3 Å². The van der Waals surface area contributed by atoms with Gasteiger partial charge < -0.3 is 5.11 Å². The molecule has 108 valence electrons. The molecule has 0 bridgehead atoms. The fourth-order valence-electron chi connectivity index (χ4n) is 1.88. The van der Waals surface area contributed by atoms with Gasteiger partial charge in [0.2, 0.25) is 0 Å². The maximum absolute atomic E-state index is 12.8. The van der Waals surface area contributed by atoms with Gasteiger partial charge in [0.25, 0.3) is 0 Å². The van der Waals surface area contributed by atoms with E-state index >= 15 is 0 Å². The summed E-state index contributed by atoms with van der Waals surface area (Å²) in [4.78, 5) is 12.1. The Labute approximate surface area is 127 Å². The maximum Gasteiger partial charge on any atom is 0.185 e. The number of allylic oxidation sites excluding steroid dienone is 1. The van der Waals surface area contributed by atoms with Crippen LogP contribution < -0.4 is 0 Å². The third-order valence-electron chi connectivity index (χ3n) is 3.03. The molecule has 21 heavy (non-hydrogen) atoms. The molecule has 2 aromatic rings. The van der Waals surface area contributed by atoms with Crippen molar-refractivity contribution in [3.05, 3.63) is 71.0 Å². The van der Waals surface area contributed by atoms with Gasteiger partial charge in [-0.15, -0.1) is 11.6 Å². The number of phenols is 1. The summed E-state index contributed by atoms with van der Waals surface area (Å²) in [6.07, 6.45) is 3.54. The van der Waals surface area contributed by atoms with Gasteiger partial charge in [-0.2, -0.15) is 0 Å². The molecule has 0 heterocycles. The summed E-state index contributed by atoms with van der Waals surface area (Å²) in [6, 6.07) is 10.5. The van der Waals surface area contributed by atoms with Gasteiger partial charge in [-0.25, -0.2) is 4.39 Å². The number of aryl methyl sites for hydroxylation is 1. The maximum atomic E-state index is 12.8. The molecule has 4 heteroatoms. The molecule has 0 atom stereocenters. The van der Waals surface area contributed by atoms with Crippen LogP contribution in [0.4, 0.5) is 4.39 Å². The predicted octanol–water partition coefficient (Wildman–Crippen LogP) is 4.21. The van der Waals surface area contributed by atoms with Crippen molar-refractivity contribution >= 4 is 23.5 Å². The molecular weight excluding hydrogens is 291 g/mol. The van der Waals surface area contributed by atoms with E-state index in [1.165, 1.54) is 24.3 Å². The van der Waals surface area contributed by atoms with Gasteiger partial charge in [0, 0.05) is 11.4 Å². The quantitative estimate of drug-likeness (QED) is 0.510. The summed E-state index contributed by atoms with van der Waals surface area (Å²) in [5.41, 5.74) is 1.86. The van der Waals surface area contributed by atoms with Gasteiger partial charge in [-0.1, -0.05) is 18.2 Å². The second-order valence-corrected chi connectivity index (χ2v) is 4.91. The topological polar surface area (TPSA) is 37.3 Å². The van der Waals surface area contributed by atoms with Crippen LogP contribution in [0.2, 0.25) is 0 Å². The molecule has 0 saturated carbocycles. The first-order chi connectivity index (χ1) is 10.1. The molecule has 2 aromatic carbocycles. The van der Waals surface area contributed by atoms with Crippen LogP contribution in [0.3, 0.4) is 0 Å². The lowest BCUT2D eigenvalue weighted by Crippen LogP contribution is -1.97. The van der Waals surface area contributed by atoms with Gasteiger partial charge in [-0.3, -0.25) is 4.79 Å². The Morgan fingerprint density at radius 1 is 1.19 bits per heavy atom. The predicted molar refractivity (Wildman–Crippen MR) is 82.3 cm³/mol. The molecule has 0 fully saturated rings. The van der Waals surface area contributed by atoms with Gasteiger partial charge in [0.05, 0.1) is 0 Å². The van der Waals surface area contributed by atoms with Crippen molar-refractivity contribution < 1.29 is 14.3 Å². The van der Waals surface area contributed by atoms with Crippen LogP contribution in [0.5, 0.6) is 5.75 Å². The van der Waals surface area contributed by atoms with E-state index in [2.05, 4.69) is 0 Å². The number of rotatable bonds is 5. The molecule has 0 unspecified atom stereocenters. The molecule has 0 spiro atoms. The molecule has 0 aliphatic heterocycles. The summed E-state index contributed by atoms with van der Waals surface area (Å²) < 4.78 is 12.8. The number of phenolic OH excluding ortho intramolecular Hbond substituents is 1. The van der Waals surface area contributed by atoms with Crippen molar-refractivity contribution in [3.8, 4) is 5.75 Å². The Morgan fingerprint density at radius 3 is 2.57 bits per heavy atom. The molecule has 0 amide bonds. The molecule has 1 N–H and O–H groups in total. The van der Waals surface area contributed by atoms with Crippen molar-refractivity contribution in [2.45, 2.75) is 6.42 Å². The van der Waals surface area contributed by atoms with Crippen molar-refractivity contribution in [1.29, 1.82) is 0 Å². The highest BCUT2D eigenvalue weighted by Crippen LogP contribution is 2.20. The minimum Gasteiger partial charge on any atom is -0.508 e. The lowest BCUT2D eigenvalue weighted by atomic mass is 10.0. The summed E-state index contributed by atoms with van der Waals surface area (Å²) in [5.74, 6) is 0.00368. The SMILES string of the molecule is O=C(/C=C/c1ccc(F)cc1)c1ccc(O)c(CCCl)c1. The third kappa shape index (κ3) is 4.17. The largest absolute Gasteiger partial charge is 0.508 e. The first-order valence-corrected chi connectivity index (χ1v) is 6.99. The van der Waals surface area contributed by atoms with E-state index in [1.807, 2.05) is 0 Å². The van der Waals surface area contributed by atoms with E-state index in [0.717, 1.165) is 5.56 Å². The normalized spacial score (nSPS) is 11.0. The number of carbonyl (C=O) groups excluding carboxylic acids is 1. The minimum atomic E-state index is -0.317. The van der Waals surface area contributed by atoms with Crippen molar-refractivity contribution in [2.75, 3.05) is 5.88 Å². The highest BCUT2D eigenvalue weighted by molar-refractivity contribution is 6.18. The molecule has 0 aliphatic carbocycles. The Morgan fingerprint density at radius 2 is 1.90 bits per heavy atom. The van der Waals surface area contributed by atoms with E-state index in [4.69, 9.17) is 11.6 Å². The summed E-state index contributed by atoms with van der Waals surface area (Å²) >= 11 is 5.65. The lowest BCUT2D eigenvalue weighted by Gasteiger charge is -2.04. The summed E-state index contributed by atoms with van der Waals surface area (Å²) in [5, 5.41) is 9.66. The van der Waals surface area contributed by atoms with Crippen LogP contribution >= 0.6 is 11.6 Å². The van der Waals surface area contributed by atoms with Crippen molar-refractivity contribution in [3.63, 3.8) is 0 Å². The first-order valence-electron chi connectivity index (χ1n) is 6.46. The van der Waals surface area contributed by atoms with Crippen LogP contribution in [-0.4, -0.2) is 16.8 Å². The fraction of sp³-hybridized carbons (Fsp3) is 0.118. The zero-order chi connectivity index (χ0) is 15.2. The van der Waals surface area contributed by atoms with Crippen LogP contribution in [-0.2, 0) is 6.42 Å². The number of alkyl halides is 1. The van der Waals surface area contributed by atoms with Gasteiger partial charge in [0.1, 0.15) is 11.6 Å². The Balaban J connectivity index is 2.16. The second kappa shape index (κ2) is 7.04. The van der Waals surface area contributed by atoms with Crippen LogP contribution in [0, 0.1) is 5.82 Å². The summed E-state index contributed by atoms with van der Waals surface area (Å²) in [7, 11) is 0. The Kier molecular flexibility index (Phi) is 5.12. The average Bonchev–Trinajstić information content (AvgIpc) is 2.49. The second-order valence-electron chi connectivity index (χ2n) is 4.53. The summed E-state index contributed by atoms with van der Waals surface area (Å²) in [6.45, 7) is 0. The molecule has 0 radical (unpaired) electrons. The number of hydrogen-bond donors (Lipinski definition) is 1. The van der Waals surface area contributed by atoms with Crippen molar-refractivity contribution in [2.24, 2.45) is 0 Å². The van der Waals surface area contributed by atoms with Crippen LogP contribution in [0.15, 0.2) is 48.5 Å². The van der Waals surface area contributed by atoms with E-state index < -0.39 is 0 Å². The Hall–Kier alpha value is -2.13. The zero-order valence-electron chi connectivity index (χ0n) is 11.2. The molecule has 0 aromatic heterocycles. The smallest absolute Gasteiger partial charge is 0.185 e. The van der Waals surface area contributed by atoms with E-state index in [0.29, 0.717) is 23.4 Å². The van der Waals surface area contributed by atoms with E-state index in [-0.39, 0.29) is 17.3 Å². The monoisotopic (exact) mass is 304 g/mol. The average molecular weight is 305 g/mol. The Bertz CT molecular complexity index is 663. The van der Waals surface area contributed by atoms with Crippen LogP contribution in [0.25, 0.3) is 6.08 Å². The molecule has 0 saturated heterocycles. The number of benzene rings is 2. The van der Waals surface area contributed by atoms with Gasteiger partial charge >= 0.3 is 0 Å².